The van der Waals surface area contributed by atoms with Gasteiger partial charge in [0.05, 0.1) is 12.8 Å². The predicted molar refractivity (Wildman–Crippen MR) is 307 cm³/mol. The monoisotopic (exact) mass is 1170 g/mol. The van der Waals surface area contributed by atoms with Gasteiger partial charge in [0.15, 0.2) is 0 Å². The molecule has 79 heavy (non-hydrogen) atoms. The van der Waals surface area contributed by atoms with Crippen molar-refractivity contribution in [3.05, 3.63) is 199 Å². The van der Waals surface area contributed by atoms with Gasteiger partial charge in [0, 0.05) is 22.3 Å². The van der Waals surface area contributed by atoms with Gasteiger partial charge in [0.1, 0.15) is 56.9 Å². The molecule has 0 aliphatic carbocycles. The van der Waals surface area contributed by atoms with Crippen LogP contribution in [-0.4, -0.2) is 51.0 Å². The topological polar surface area (TPSA) is 236 Å². The normalized spacial score (nSPS) is 12.1. The Hall–Kier alpha value is -7.70. The minimum Gasteiger partial charge on any atom is -0.427 e. The molecule has 0 amide bonds. The summed E-state index contributed by atoms with van der Waals surface area (Å²) in [4.78, 5) is 92.5. The average Bonchev–Trinajstić information content (AvgIpc) is 4.15. The summed E-state index contributed by atoms with van der Waals surface area (Å²) in [7, 11) is 6.91. The van der Waals surface area contributed by atoms with Gasteiger partial charge in [0.25, 0.3) is 10.2 Å². The molecule has 1 atom stereocenters. The number of rotatable bonds is 23. The molecule has 0 bridgehead atoms. The first-order valence-electron chi connectivity index (χ1n) is 24.3. The second-order valence-electron chi connectivity index (χ2n) is 16.0. The number of carbonyl (C=O) groups is 5. The molecule has 5 aromatic carbocycles. The molecule has 0 saturated carbocycles. The Balaban J connectivity index is 0.000000310. The van der Waals surface area contributed by atoms with E-state index in [4.69, 9.17) is 35.9 Å². The van der Waals surface area contributed by atoms with Gasteiger partial charge >= 0.3 is 29.8 Å². The summed E-state index contributed by atoms with van der Waals surface area (Å²) < 4.78 is 27.5. The highest BCUT2D eigenvalue weighted by Crippen LogP contribution is 2.40. The van der Waals surface area contributed by atoms with Crippen molar-refractivity contribution >= 4 is 84.3 Å². The van der Waals surface area contributed by atoms with E-state index in [9.17, 15) is 44.2 Å². The fourth-order valence-electron chi connectivity index (χ4n) is 6.61. The molecule has 7 rings (SSSR count). The average molecular weight is 1170 g/mol. The molecule has 1 saturated heterocycles. The van der Waals surface area contributed by atoms with E-state index in [2.05, 4.69) is 41.9 Å². The van der Waals surface area contributed by atoms with Crippen LogP contribution < -0.4 is 23.7 Å². The van der Waals surface area contributed by atoms with Crippen molar-refractivity contribution in [1.82, 2.24) is 0 Å². The van der Waals surface area contributed by atoms with Crippen molar-refractivity contribution < 1.29 is 67.5 Å². The Morgan fingerprint density at radius 2 is 1.18 bits per heavy atom. The van der Waals surface area contributed by atoms with Gasteiger partial charge in [-0.1, -0.05) is 129 Å². The molecule has 18 nitrogen and oxygen atoms in total. The first kappa shape index (κ1) is 63.8. The quantitative estimate of drug-likeness (QED) is 0.00847. The summed E-state index contributed by atoms with van der Waals surface area (Å²) in [5.74, 6) is -1.21. The van der Waals surface area contributed by atoms with E-state index < -0.39 is 40.0 Å². The van der Waals surface area contributed by atoms with Gasteiger partial charge in [-0.15, -0.1) is 33.4 Å². The van der Waals surface area contributed by atoms with Crippen LogP contribution >= 0.6 is 54.5 Å². The molecule has 0 N–H and O–H groups in total. The van der Waals surface area contributed by atoms with E-state index in [1.54, 1.807) is 71.0 Å². The number of allylic oxidation sites excluding steroid dienone is 2. The maximum atomic E-state index is 12.7. The summed E-state index contributed by atoms with van der Waals surface area (Å²) >= 11 is 5.15. The summed E-state index contributed by atoms with van der Waals surface area (Å²) in [5.41, 5.74) is 2.05. The van der Waals surface area contributed by atoms with Crippen molar-refractivity contribution in [3.8, 4) is 39.2 Å². The van der Waals surface area contributed by atoms with Crippen LogP contribution in [0.15, 0.2) is 153 Å². The fraction of sp³-hybridized carbons (Fsp3) is 0.250. The second-order valence-corrected chi connectivity index (χ2v) is 21.7. The lowest BCUT2D eigenvalue weighted by Crippen LogP contribution is -2.16. The minimum atomic E-state index is -0.904. The van der Waals surface area contributed by atoms with Crippen LogP contribution in [0.5, 0.6) is 28.7 Å². The van der Waals surface area contributed by atoms with E-state index >= 15 is 0 Å². The molecule has 1 aliphatic rings. The highest BCUT2D eigenvalue weighted by Gasteiger charge is 2.21. The van der Waals surface area contributed by atoms with Crippen LogP contribution in [0.3, 0.4) is 0 Å². The zero-order chi connectivity index (χ0) is 57.4. The molecule has 416 valence electrons. The molecule has 6 aromatic rings. The van der Waals surface area contributed by atoms with E-state index in [0.717, 1.165) is 39.9 Å². The first-order valence-corrected chi connectivity index (χ1v) is 29.2. The highest BCUT2D eigenvalue weighted by molar-refractivity contribution is 8.77. The number of benzene rings is 5. The largest absolute Gasteiger partial charge is 0.427 e. The lowest BCUT2D eigenvalue weighted by Gasteiger charge is -2.11. The van der Waals surface area contributed by atoms with Crippen molar-refractivity contribution in [3.63, 3.8) is 0 Å². The number of ether oxygens (including phenoxy) is 5. The summed E-state index contributed by atoms with van der Waals surface area (Å²) in [6.45, 7) is 9.65. The van der Waals surface area contributed by atoms with E-state index in [0.29, 0.717) is 22.1 Å². The van der Waals surface area contributed by atoms with Gasteiger partial charge in [0.2, 0.25) is 0 Å². The molecule has 1 unspecified atom stereocenters. The summed E-state index contributed by atoms with van der Waals surface area (Å²) in [5, 5.41) is 19.5. The van der Waals surface area contributed by atoms with Crippen LogP contribution in [0.1, 0.15) is 97.1 Å². The van der Waals surface area contributed by atoms with Crippen molar-refractivity contribution in [2.45, 2.75) is 83.7 Å². The van der Waals surface area contributed by atoms with Gasteiger partial charge in [-0.05, 0) is 128 Å². The third-order valence-corrected chi connectivity index (χ3v) is 16.2. The number of hydrogen-bond acceptors (Lipinski definition) is 21. The van der Waals surface area contributed by atoms with Crippen LogP contribution in [0.4, 0.5) is 0 Å². The SMILES string of the molecule is C/C=C\CC.C=C.O=C(CCC(=O)Oc1ccccc1C(=O)Oc1ccc(CO[N+](=O)[O-])cc1)Oc1ccc(-c2cc(=S)ss2)cc1.O=C(CCCCC1CCSS1)Oc1ccccc1C(=O)Oc1cccc(CO[N+](=O)[O-])c1. The molecule has 1 fully saturated rings. The van der Waals surface area contributed by atoms with Crippen LogP contribution in [0, 0.1) is 24.1 Å². The number of unbranched alkanes of at least 4 members (excludes halogenated alkanes) is 1. The molecular weight excluding hydrogens is 1120 g/mol. The van der Waals surface area contributed by atoms with Crippen molar-refractivity contribution in [2.24, 2.45) is 0 Å². The van der Waals surface area contributed by atoms with E-state index in [1.165, 1.54) is 71.0 Å². The number of nitrogens with zero attached hydrogens (tertiary/aromatic N) is 2. The Morgan fingerprint density at radius 1 is 0.633 bits per heavy atom. The Bertz CT molecular complexity index is 3030. The smallest absolute Gasteiger partial charge is 0.347 e. The Morgan fingerprint density at radius 3 is 1.71 bits per heavy atom. The maximum absolute atomic E-state index is 12.7. The number of carbonyl (C=O) groups excluding carboxylic acids is 5. The highest BCUT2D eigenvalue weighted by atomic mass is 33.1. The predicted octanol–water partition coefficient (Wildman–Crippen LogP) is 14.4. The molecule has 1 aliphatic heterocycles. The fourth-order valence-corrected chi connectivity index (χ4v) is 12.0. The summed E-state index contributed by atoms with van der Waals surface area (Å²) in [6.07, 6.45) is 9.15. The van der Waals surface area contributed by atoms with Crippen molar-refractivity contribution in [2.75, 3.05) is 5.75 Å². The first-order chi connectivity index (χ1) is 38.2. The Labute approximate surface area is 476 Å². The Kier molecular flexibility index (Phi) is 28.8. The van der Waals surface area contributed by atoms with Gasteiger partial charge < -0.3 is 33.4 Å². The molecule has 23 heteroatoms. The third-order valence-electron chi connectivity index (χ3n) is 10.3. The lowest BCUT2D eigenvalue weighted by atomic mass is 10.1. The maximum Gasteiger partial charge on any atom is 0.347 e. The zero-order valence-corrected chi connectivity index (χ0v) is 47.1. The molecule has 0 radical (unpaired) electrons. The van der Waals surface area contributed by atoms with Gasteiger partial charge in [-0.25, -0.2) is 9.59 Å². The van der Waals surface area contributed by atoms with Crippen LogP contribution in [-0.2, 0) is 37.3 Å². The molecular formula is C56H56N2O16S5. The van der Waals surface area contributed by atoms with E-state index in [-0.39, 0.29) is 66.6 Å². The standard InChI is InChI=1S/C27H19NO9S3.C22H23NO7S2.C5H10.C2H4/c29-24(35-19-11-7-18(8-12-19)23-15-26(38)40-39-23)13-14-25(30)37-22-4-2-1-3-21(22)27(31)36-20-9-5-17(6-10-20)16-34-28(32)33;24-21(11-4-1-8-18-12-13-31-32-18)30-20-10-3-2-9-19(20)22(25)29-17-7-5-6-16(14-17)15-28-23(26)27;1-3-5-4-2;1-2/h1-12,15H,13-14,16H2;2-3,5-7,9-10,14,18H,1,4,8,11-13,15H2;3,5H,4H2,1-2H3;1-2H2/b;;5-3-;. The molecule has 2 heterocycles. The number of hydrogen-bond donors (Lipinski definition) is 0. The van der Waals surface area contributed by atoms with E-state index in [1.807, 2.05) is 46.7 Å². The lowest BCUT2D eigenvalue weighted by molar-refractivity contribution is -0.763. The summed E-state index contributed by atoms with van der Waals surface area (Å²) in [6, 6.07) is 33.4. The van der Waals surface area contributed by atoms with Crippen molar-refractivity contribution in [1.29, 1.82) is 0 Å². The molecule has 1 aromatic heterocycles. The minimum absolute atomic E-state index is 0.00557. The van der Waals surface area contributed by atoms with Crippen LogP contribution in [0.2, 0.25) is 0 Å². The zero-order valence-electron chi connectivity index (χ0n) is 43.0. The van der Waals surface area contributed by atoms with Crippen LogP contribution in [0.25, 0.3) is 10.4 Å². The number of para-hydroxylation sites is 2. The second kappa shape index (κ2) is 35.7. The number of esters is 5. The van der Waals surface area contributed by atoms with Gasteiger partial charge in [-0.2, -0.15) is 0 Å². The molecule has 0 spiro atoms. The third kappa shape index (κ3) is 24.2. The van der Waals surface area contributed by atoms with Gasteiger partial charge in [-0.3, -0.25) is 14.4 Å².